The molecule has 0 bridgehead atoms. The number of nitrogens with zero attached hydrogens (tertiary/aromatic N) is 2. The van der Waals surface area contributed by atoms with Gasteiger partial charge in [-0.3, -0.25) is 4.57 Å². The lowest BCUT2D eigenvalue weighted by Gasteiger charge is -2.28. The van der Waals surface area contributed by atoms with Gasteiger partial charge in [0.25, 0.3) is 0 Å². The van der Waals surface area contributed by atoms with Crippen LogP contribution in [-0.2, 0) is 5.11 Å². The molecule has 26 radical (unpaired) electrons. The summed E-state index contributed by atoms with van der Waals surface area (Å²) in [4.78, 5) is 4.68. The van der Waals surface area contributed by atoms with Crippen LogP contribution in [0.5, 0.6) is 0 Å². The second kappa shape index (κ2) is 11.9. The standard InChI is InChI=1S/C34H11B13N2/c35-23-21(24(36)28(40)31(43)27(23)39)19-13-5-1-2-6-14(13)20(22-25(37)29(41)32(44)30(42)26(22)38)16-11-12(9-10-15(16)19)49-18-8-4-3-7-17(18)48-33(49)34(45,46)47/h1-11H. The Hall–Kier alpha value is -3.85. The van der Waals surface area contributed by atoms with Crippen molar-refractivity contribution < 1.29 is 0 Å². The van der Waals surface area contributed by atoms with Gasteiger partial charge in [0, 0.05) is 5.69 Å². The van der Waals surface area contributed by atoms with Gasteiger partial charge in [-0.25, -0.2) is 4.98 Å². The molecule has 0 unspecified atom stereocenters. The number of rotatable bonds is 4. The van der Waals surface area contributed by atoms with E-state index in [2.05, 4.69) is 4.98 Å². The van der Waals surface area contributed by atoms with Gasteiger partial charge in [0.1, 0.15) is 78.5 Å². The Kier molecular flexibility index (Phi) is 8.16. The van der Waals surface area contributed by atoms with Gasteiger partial charge < -0.3 is 0 Å². The molecule has 7 rings (SSSR count). The highest BCUT2D eigenvalue weighted by Gasteiger charge is 2.26. The average molecular weight is 588 g/mol. The van der Waals surface area contributed by atoms with Crippen molar-refractivity contribution in [1.29, 1.82) is 0 Å². The van der Waals surface area contributed by atoms with Crippen molar-refractivity contribution in [3.63, 3.8) is 0 Å². The molecule has 1 aromatic heterocycles. The van der Waals surface area contributed by atoms with Gasteiger partial charge in [0.05, 0.1) is 40.4 Å². The van der Waals surface area contributed by atoms with Crippen molar-refractivity contribution in [2.45, 2.75) is 5.11 Å². The van der Waals surface area contributed by atoms with Gasteiger partial charge in [0.15, 0.2) is 0 Å². The van der Waals surface area contributed by atoms with E-state index < -0.39 is 5.11 Å². The van der Waals surface area contributed by atoms with E-state index in [0.29, 0.717) is 60.5 Å². The predicted octanol–water partition coefficient (Wildman–Crippen LogP) is -4.78. The molecule has 15 heteroatoms. The van der Waals surface area contributed by atoms with Crippen molar-refractivity contribution >= 4 is 189 Å². The third-order valence-electron chi connectivity index (χ3n) is 9.11. The molecular weight excluding hydrogens is 577 g/mol. The third kappa shape index (κ3) is 5.01. The van der Waals surface area contributed by atoms with Crippen LogP contribution in [0.2, 0.25) is 0 Å². The topological polar surface area (TPSA) is 17.8 Å². The second-order valence-electron chi connectivity index (χ2n) is 12.1. The largest absolute Gasteiger partial charge is 0.298 e. The molecule has 0 N–H and O–H groups in total. The normalized spacial score (nSPS) is 11.9. The molecule has 0 spiro atoms. The van der Waals surface area contributed by atoms with E-state index in [1.807, 2.05) is 66.7 Å². The summed E-state index contributed by atoms with van der Waals surface area (Å²) in [6.45, 7) is 0. The van der Waals surface area contributed by atoms with Crippen molar-refractivity contribution in [3.05, 3.63) is 72.6 Å². The van der Waals surface area contributed by atoms with Crippen LogP contribution in [0.4, 0.5) is 0 Å². The van der Waals surface area contributed by atoms with E-state index in [9.17, 15) is 0 Å². The number of para-hydroxylation sites is 2. The highest BCUT2D eigenvalue weighted by molar-refractivity contribution is 6.70. The molecule has 0 amide bonds. The number of imidazole rings is 1. The van der Waals surface area contributed by atoms with Crippen molar-refractivity contribution in [3.8, 4) is 27.9 Å². The Morgan fingerprint density at radius 1 is 0.429 bits per heavy atom. The predicted molar refractivity (Wildman–Crippen MR) is 220 cm³/mol. The Balaban J connectivity index is 1.75. The molecule has 2 nitrogen and oxygen atoms in total. The number of benzene rings is 6. The Morgan fingerprint density at radius 3 is 1.33 bits per heavy atom. The van der Waals surface area contributed by atoms with Crippen LogP contribution in [0, 0.1) is 0 Å². The molecule has 196 valence electrons. The lowest BCUT2D eigenvalue weighted by Crippen LogP contribution is -2.55. The van der Waals surface area contributed by atoms with Crippen LogP contribution in [0.15, 0.2) is 66.7 Å². The molecular formula is C34H11B13N2. The highest BCUT2D eigenvalue weighted by atomic mass is 15.1. The number of fused-ring (bicyclic) bond motifs is 3. The summed E-state index contributed by atoms with van der Waals surface area (Å²) in [5.74, 6) is 0.211. The molecule has 0 saturated carbocycles. The van der Waals surface area contributed by atoms with E-state index >= 15 is 0 Å². The molecule has 6 aromatic carbocycles. The second-order valence-corrected chi connectivity index (χ2v) is 12.1. The number of hydrogen-bond acceptors (Lipinski definition) is 1. The molecule has 0 aliphatic rings. The molecule has 0 aliphatic heterocycles. The van der Waals surface area contributed by atoms with E-state index in [4.69, 9.17) is 102 Å². The summed E-state index contributed by atoms with van der Waals surface area (Å²) in [6, 6.07) is 20.7. The van der Waals surface area contributed by atoms with Gasteiger partial charge in [-0.05, 0) is 68.1 Å². The molecule has 1 heterocycles. The fourth-order valence-electron chi connectivity index (χ4n) is 6.66. The van der Waals surface area contributed by atoms with Crippen molar-refractivity contribution in [1.82, 2.24) is 9.55 Å². The summed E-state index contributed by atoms with van der Waals surface area (Å²) >= 11 is 0. The molecule has 49 heavy (non-hydrogen) atoms. The first-order valence-corrected chi connectivity index (χ1v) is 15.0. The van der Waals surface area contributed by atoms with Crippen LogP contribution in [0.1, 0.15) is 5.82 Å². The smallest absolute Gasteiger partial charge is 0.113 e. The Bertz CT molecular complexity index is 2490. The third-order valence-corrected chi connectivity index (χ3v) is 9.11. The quantitative estimate of drug-likeness (QED) is 0.149. The highest BCUT2D eigenvalue weighted by Crippen LogP contribution is 2.43. The minimum absolute atomic E-state index is 0.0812. The molecule has 0 aliphatic carbocycles. The van der Waals surface area contributed by atoms with Gasteiger partial charge in [-0.1, -0.05) is 69.4 Å². The molecule has 0 saturated heterocycles. The first-order chi connectivity index (χ1) is 23.1. The summed E-state index contributed by atoms with van der Waals surface area (Å²) in [6.07, 6.45) is 0. The van der Waals surface area contributed by atoms with Crippen LogP contribution < -0.4 is 54.6 Å². The lowest BCUT2D eigenvalue weighted by molar-refractivity contribution is 0.930. The van der Waals surface area contributed by atoms with E-state index in [0.717, 1.165) is 0 Å². The first kappa shape index (κ1) is 33.6. The van der Waals surface area contributed by atoms with Crippen LogP contribution in [-0.4, -0.2) is 112 Å². The summed E-state index contributed by atoms with van der Waals surface area (Å²) in [5.41, 5.74) is 5.13. The van der Waals surface area contributed by atoms with Gasteiger partial charge in [-0.2, -0.15) is 0 Å². The number of aromatic nitrogens is 2. The molecule has 0 fully saturated rings. The SMILES string of the molecule is [B]c1c([B])c([B])c(-c2c3ccccc3c(-c3c([B])c([B])c([B])c([B])c3[B])c3cc(-n4c(C([B])([B])[B])nc5ccccc54)ccc23)c([B])c1[B]. The maximum atomic E-state index is 6.72. The van der Waals surface area contributed by atoms with Crippen molar-refractivity contribution in [2.75, 3.05) is 0 Å². The van der Waals surface area contributed by atoms with E-state index in [-0.39, 0.29) is 60.5 Å². The van der Waals surface area contributed by atoms with Gasteiger partial charge in [0.2, 0.25) is 0 Å². The molecule has 7 aromatic rings. The zero-order chi connectivity index (χ0) is 35.3. The van der Waals surface area contributed by atoms with E-state index in [1.165, 1.54) is 0 Å². The minimum atomic E-state index is -1.80. The Morgan fingerprint density at radius 2 is 0.837 bits per heavy atom. The Labute approximate surface area is 303 Å². The first-order valence-electron chi connectivity index (χ1n) is 15.0. The fraction of sp³-hybridized carbons (Fsp3) is 0.0294. The zero-order valence-corrected chi connectivity index (χ0v) is 26.3. The summed E-state index contributed by atoms with van der Waals surface area (Å²) in [7, 11) is 83.6. The zero-order valence-electron chi connectivity index (χ0n) is 26.3. The van der Waals surface area contributed by atoms with E-state index in [1.54, 1.807) is 4.57 Å². The fourth-order valence-corrected chi connectivity index (χ4v) is 6.66. The average Bonchev–Trinajstić information content (AvgIpc) is 3.49. The van der Waals surface area contributed by atoms with Gasteiger partial charge in [-0.15, -0.1) is 32.8 Å². The monoisotopic (exact) mass is 590 g/mol. The molecule has 0 atom stereocenters. The minimum Gasteiger partial charge on any atom is -0.298 e. The lowest BCUT2D eigenvalue weighted by atomic mass is 9.42. The maximum absolute atomic E-state index is 6.72. The van der Waals surface area contributed by atoms with Gasteiger partial charge >= 0.3 is 0 Å². The summed E-state index contributed by atoms with van der Waals surface area (Å²) in [5, 5.41) is 0.894. The maximum Gasteiger partial charge on any atom is 0.113 e. The van der Waals surface area contributed by atoms with Crippen LogP contribution in [0.25, 0.3) is 60.5 Å². The van der Waals surface area contributed by atoms with Crippen LogP contribution in [0.3, 0.4) is 0 Å². The summed E-state index contributed by atoms with van der Waals surface area (Å²) < 4.78 is 1.79. The van der Waals surface area contributed by atoms with Crippen molar-refractivity contribution in [2.24, 2.45) is 0 Å². The van der Waals surface area contributed by atoms with Crippen LogP contribution >= 0.6 is 0 Å². The number of hydrogen-bond donors (Lipinski definition) is 0.